The molecule has 0 aliphatic heterocycles. The number of rotatable bonds is 6. The molecule has 0 bridgehead atoms. The van der Waals surface area contributed by atoms with Gasteiger partial charge in [0.2, 0.25) is 6.08 Å². The summed E-state index contributed by atoms with van der Waals surface area (Å²) in [5.41, 5.74) is 0.721. The van der Waals surface area contributed by atoms with Crippen LogP contribution in [-0.2, 0) is 9.53 Å². The fourth-order valence-corrected chi connectivity index (χ4v) is 3.20. The van der Waals surface area contributed by atoms with Crippen LogP contribution in [-0.4, -0.2) is 38.3 Å². The normalized spacial score (nSPS) is 19.4. The molecule has 2 amide bonds. The monoisotopic (exact) mass is 345 g/mol. The second-order valence-electron chi connectivity index (χ2n) is 6.20. The molecule has 1 aliphatic carbocycles. The fourth-order valence-electron chi connectivity index (χ4n) is 3.20. The molecule has 2 atom stereocenters. The summed E-state index contributed by atoms with van der Waals surface area (Å²) in [5.74, 6) is 0.245. The number of hydrogen-bond donors (Lipinski definition) is 2. The van der Waals surface area contributed by atoms with Crippen molar-refractivity contribution in [2.45, 2.75) is 25.7 Å². The van der Waals surface area contributed by atoms with E-state index in [1.54, 1.807) is 30.3 Å². The number of urea groups is 1. The molecule has 1 aromatic rings. The molecular weight excluding hydrogens is 322 g/mol. The third kappa shape index (κ3) is 5.72. The zero-order chi connectivity index (χ0) is 18.1. The Morgan fingerprint density at radius 2 is 2.04 bits per heavy atom. The molecule has 0 heterocycles. The molecule has 7 heteroatoms. The van der Waals surface area contributed by atoms with Crippen LogP contribution >= 0.6 is 0 Å². The zero-order valence-electron chi connectivity index (χ0n) is 14.3. The molecule has 1 saturated carbocycles. The second kappa shape index (κ2) is 9.59. The van der Waals surface area contributed by atoms with Crippen LogP contribution in [0.1, 0.15) is 36.0 Å². The molecule has 2 rings (SSSR count). The smallest absolute Gasteiger partial charge is 0.339 e. The number of carbonyl (C=O) groups is 2. The molecule has 0 spiro atoms. The molecule has 1 aliphatic rings. The van der Waals surface area contributed by atoms with Gasteiger partial charge >= 0.3 is 12.0 Å². The van der Waals surface area contributed by atoms with Crippen molar-refractivity contribution in [2.24, 2.45) is 16.8 Å². The van der Waals surface area contributed by atoms with Crippen molar-refractivity contribution in [3.63, 3.8) is 0 Å². The van der Waals surface area contributed by atoms with Gasteiger partial charge in [-0.15, -0.1) is 0 Å². The topological polar surface area (TPSA) is 96.9 Å². The first-order chi connectivity index (χ1) is 12.1. The molecule has 2 unspecified atom stereocenters. The van der Waals surface area contributed by atoms with E-state index in [0.29, 0.717) is 36.2 Å². The van der Waals surface area contributed by atoms with Crippen LogP contribution in [0.25, 0.3) is 0 Å². The van der Waals surface area contributed by atoms with E-state index in [4.69, 9.17) is 4.74 Å². The Bertz CT molecular complexity index is 655. The molecule has 1 aromatic carbocycles. The number of nitrogens with one attached hydrogen (secondary N) is 2. The first-order valence-corrected chi connectivity index (χ1v) is 8.39. The molecule has 25 heavy (non-hydrogen) atoms. The summed E-state index contributed by atoms with van der Waals surface area (Å²) in [6.07, 6.45) is 5.68. The van der Waals surface area contributed by atoms with Crippen molar-refractivity contribution < 1.29 is 19.1 Å². The molecule has 2 N–H and O–H groups in total. The lowest BCUT2D eigenvalue weighted by atomic mass is 9.81. The van der Waals surface area contributed by atoms with E-state index in [-0.39, 0.29) is 6.03 Å². The minimum Gasteiger partial charge on any atom is -0.465 e. The predicted molar refractivity (Wildman–Crippen MR) is 93.2 cm³/mol. The minimum atomic E-state index is -0.498. The van der Waals surface area contributed by atoms with Crippen molar-refractivity contribution in [2.75, 3.05) is 25.5 Å². The van der Waals surface area contributed by atoms with E-state index < -0.39 is 5.97 Å². The number of nitrogens with zero attached hydrogens (tertiary/aromatic N) is 1. The highest BCUT2D eigenvalue weighted by atomic mass is 16.5. The third-order valence-corrected chi connectivity index (χ3v) is 4.44. The van der Waals surface area contributed by atoms with Crippen molar-refractivity contribution in [3.05, 3.63) is 29.8 Å². The zero-order valence-corrected chi connectivity index (χ0v) is 14.3. The largest absolute Gasteiger partial charge is 0.465 e. The number of isocyanates is 1. The maximum absolute atomic E-state index is 12.1. The summed E-state index contributed by atoms with van der Waals surface area (Å²) < 4.78 is 4.71. The highest BCUT2D eigenvalue weighted by molar-refractivity contribution is 6.00. The van der Waals surface area contributed by atoms with Crippen molar-refractivity contribution in [1.29, 1.82) is 0 Å². The van der Waals surface area contributed by atoms with Crippen LogP contribution in [0.15, 0.2) is 29.3 Å². The number of esters is 1. The summed E-state index contributed by atoms with van der Waals surface area (Å²) in [6.45, 7) is 1.06. The summed E-state index contributed by atoms with van der Waals surface area (Å²) in [5, 5.41) is 5.54. The van der Waals surface area contributed by atoms with Crippen molar-refractivity contribution >= 4 is 23.8 Å². The molecule has 1 fully saturated rings. The molecule has 0 radical (unpaired) electrons. The number of methoxy groups -OCH3 is 1. The van der Waals surface area contributed by atoms with Gasteiger partial charge in [0.15, 0.2) is 0 Å². The minimum absolute atomic E-state index is 0.310. The number of benzene rings is 1. The summed E-state index contributed by atoms with van der Waals surface area (Å²) in [7, 11) is 1.30. The third-order valence-electron chi connectivity index (χ3n) is 4.44. The van der Waals surface area contributed by atoms with Gasteiger partial charge in [0.1, 0.15) is 0 Å². The van der Waals surface area contributed by atoms with Crippen LogP contribution in [0, 0.1) is 11.8 Å². The lowest BCUT2D eigenvalue weighted by Crippen LogP contribution is -2.35. The van der Waals surface area contributed by atoms with Gasteiger partial charge in [0, 0.05) is 6.54 Å². The summed E-state index contributed by atoms with van der Waals surface area (Å²) in [6, 6.07) is 6.34. The average molecular weight is 345 g/mol. The van der Waals surface area contributed by atoms with E-state index >= 15 is 0 Å². The Balaban J connectivity index is 1.85. The highest BCUT2D eigenvalue weighted by Gasteiger charge is 2.22. The molecule has 0 aromatic heterocycles. The van der Waals surface area contributed by atoms with Gasteiger partial charge in [-0.3, -0.25) is 0 Å². The van der Waals surface area contributed by atoms with Crippen LogP contribution in [0.4, 0.5) is 10.5 Å². The Labute approximate surface area is 146 Å². The predicted octanol–water partition coefficient (Wildman–Crippen LogP) is 2.74. The Morgan fingerprint density at radius 3 is 2.80 bits per heavy atom. The van der Waals surface area contributed by atoms with Gasteiger partial charge in [-0.05, 0) is 43.2 Å². The Hall–Kier alpha value is -2.66. The van der Waals surface area contributed by atoms with E-state index in [1.165, 1.54) is 7.11 Å². The van der Waals surface area contributed by atoms with E-state index in [9.17, 15) is 14.4 Å². The van der Waals surface area contributed by atoms with Gasteiger partial charge in [-0.25, -0.2) is 19.4 Å². The van der Waals surface area contributed by atoms with Gasteiger partial charge in [0.25, 0.3) is 0 Å². The first-order valence-electron chi connectivity index (χ1n) is 8.39. The fraction of sp³-hybridized carbons (Fsp3) is 0.500. The summed E-state index contributed by atoms with van der Waals surface area (Å²) in [4.78, 5) is 37.7. The van der Waals surface area contributed by atoms with Gasteiger partial charge < -0.3 is 15.4 Å². The molecular formula is C18H23N3O4. The molecule has 134 valence electrons. The number of ether oxygens (including phenoxy) is 1. The van der Waals surface area contributed by atoms with Crippen LogP contribution in [0.3, 0.4) is 0 Å². The number of anilines is 1. The summed E-state index contributed by atoms with van der Waals surface area (Å²) >= 11 is 0. The second-order valence-corrected chi connectivity index (χ2v) is 6.20. The molecule has 7 nitrogen and oxygen atoms in total. The first kappa shape index (κ1) is 18.7. The number of carbonyl (C=O) groups excluding carboxylic acids is 3. The van der Waals surface area contributed by atoms with Gasteiger partial charge in [-0.2, -0.15) is 0 Å². The maximum Gasteiger partial charge on any atom is 0.339 e. The lowest BCUT2D eigenvalue weighted by molar-refractivity contribution is 0.0602. The van der Waals surface area contributed by atoms with Crippen molar-refractivity contribution in [1.82, 2.24) is 5.32 Å². The number of para-hydroxylation sites is 1. The Kier molecular flexibility index (Phi) is 7.16. The Morgan fingerprint density at radius 1 is 1.28 bits per heavy atom. The number of amides is 2. The number of hydrogen-bond acceptors (Lipinski definition) is 5. The SMILES string of the molecule is COC(=O)c1ccccc1NC(=O)NCC1CCCC(CN=C=O)C1. The van der Waals surface area contributed by atoms with Crippen molar-refractivity contribution in [3.8, 4) is 0 Å². The standard InChI is InChI=1S/C18H23N3O4/c1-25-17(23)15-7-2-3-8-16(15)21-18(24)20-11-14-6-4-5-13(9-14)10-19-12-22/h2-3,7-8,13-14H,4-6,9-11H2,1H3,(H2,20,21,24). The quantitative estimate of drug-likeness (QED) is 0.471. The van der Waals surface area contributed by atoms with Gasteiger partial charge in [-0.1, -0.05) is 18.6 Å². The van der Waals surface area contributed by atoms with Gasteiger partial charge in [0.05, 0.1) is 24.9 Å². The highest BCUT2D eigenvalue weighted by Crippen LogP contribution is 2.28. The van der Waals surface area contributed by atoms with E-state index in [1.807, 2.05) is 0 Å². The number of aliphatic imine (C=N–C) groups is 1. The lowest BCUT2D eigenvalue weighted by Gasteiger charge is -2.28. The van der Waals surface area contributed by atoms with E-state index in [0.717, 1.165) is 25.7 Å². The van der Waals surface area contributed by atoms with E-state index in [2.05, 4.69) is 15.6 Å². The molecule has 0 saturated heterocycles. The van der Waals surface area contributed by atoms with Crippen LogP contribution < -0.4 is 10.6 Å². The van der Waals surface area contributed by atoms with Crippen LogP contribution in [0.5, 0.6) is 0 Å². The maximum atomic E-state index is 12.1. The average Bonchev–Trinajstić information content (AvgIpc) is 2.65. The van der Waals surface area contributed by atoms with Crippen LogP contribution in [0.2, 0.25) is 0 Å².